The second-order valence-corrected chi connectivity index (χ2v) is 5.57. The molecule has 0 saturated heterocycles. The Morgan fingerprint density at radius 2 is 1.84 bits per heavy atom. The van der Waals surface area contributed by atoms with Gasteiger partial charge in [-0.05, 0) is 25.8 Å². The largest absolute Gasteiger partial charge is 0.316 e. The van der Waals surface area contributed by atoms with Gasteiger partial charge in [-0.3, -0.25) is 4.68 Å². The zero-order valence-electron chi connectivity index (χ0n) is 11.1. The van der Waals surface area contributed by atoms with Crippen molar-refractivity contribution in [3.63, 3.8) is 0 Å². The Balaban J connectivity index is 1.89. The van der Waals surface area contributed by atoms with E-state index in [1.54, 1.807) is 0 Å². The first kappa shape index (κ1) is 11.2. The summed E-state index contributed by atoms with van der Waals surface area (Å²) in [4.78, 5) is 0. The third-order valence-corrected chi connectivity index (χ3v) is 4.12. The third-order valence-electron chi connectivity index (χ3n) is 4.12. The van der Waals surface area contributed by atoms with Gasteiger partial charge >= 0.3 is 0 Å². The highest BCUT2D eigenvalue weighted by Gasteiger charge is 2.30. The highest BCUT2D eigenvalue weighted by molar-refractivity contribution is 5.65. The van der Waals surface area contributed by atoms with Crippen LogP contribution in [0.3, 0.4) is 0 Å². The Kier molecular flexibility index (Phi) is 2.66. The van der Waals surface area contributed by atoms with E-state index in [0.29, 0.717) is 6.04 Å². The number of fused-ring (bicyclic) bond motifs is 1. The van der Waals surface area contributed by atoms with Gasteiger partial charge in [-0.2, -0.15) is 5.10 Å². The number of nitrogens with zero attached hydrogens (tertiary/aromatic N) is 2. The summed E-state index contributed by atoms with van der Waals surface area (Å²) in [6.45, 7) is 2.13. The molecule has 1 aromatic carbocycles. The molecule has 1 fully saturated rings. The topological polar surface area (TPSA) is 29.9 Å². The van der Waals surface area contributed by atoms with Crippen molar-refractivity contribution in [2.45, 2.75) is 31.7 Å². The zero-order chi connectivity index (χ0) is 12.7. The van der Waals surface area contributed by atoms with Crippen LogP contribution in [0.25, 0.3) is 11.3 Å². The van der Waals surface area contributed by atoms with Crippen molar-refractivity contribution in [2.24, 2.45) is 0 Å². The van der Waals surface area contributed by atoms with Gasteiger partial charge in [0.1, 0.15) is 0 Å². The summed E-state index contributed by atoms with van der Waals surface area (Å²) in [5.41, 5.74) is 5.49. The number of benzene rings is 1. The van der Waals surface area contributed by atoms with Gasteiger partial charge in [-0.15, -0.1) is 0 Å². The van der Waals surface area contributed by atoms with Crippen LogP contribution in [0.2, 0.25) is 0 Å². The molecular formula is C16H19N3. The standard InChI is InChI=1S/C16H19N3/c1-2-4-12(5-3-1)16-14-8-10-17-11-9-15(14)18-19(16)13-6-7-13/h1-5,13,17H,6-11H2. The molecule has 0 atom stereocenters. The highest BCUT2D eigenvalue weighted by Crippen LogP contribution is 2.40. The van der Waals surface area contributed by atoms with Crippen molar-refractivity contribution in [1.29, 1.82) is 0 Å². The Labute approximate surface area is 113 Å². The Morgan fingerprint density at radius 1 is 1.05 bits per heavy atom. The zero-order valence-corrected chi connectivity index (χ0v) is 11.1. The molecule has 98 valence electrons. The number of hydrogen-bond donors (Lipinski definition) is 1. The van der Waals surface area contributed by atoms with Crippen LogP contribution in [-0.2, 0) is 12.8 Å². The van der Waals surface area contributed by atoms with Crippen LogP contribution in [0.5, 0.6) is 0 Å². The fraction of sp³-hybridized carbons (Fsp3) is 0.438. The summed E-state index contributed by atoms with van der Waals surface area (Å²) in [5, 5.41) is 8.40. The maximum atomic E-state index is 4.93. The normalized spacial score (nSPS) is 18.9. The molecule has 0 bridgehead atoms. The number of hydrogen-bond acceptors (Lipinski definition) is 2. The summed E-state index contributed by atoms with van der Waals surface area (Å²) in [6, 6.07) is 11.4. The molecule has 1 aromatic heterocycles. The minimum Gasteiger partial charge on any atom is -0.316 e. The first-order valence-corrected chi connectivity index (χ1v) is 7.30. The Bertz CT molecular complexity index is 582. The number of rotatable bonds is 2. The van der Waals surface area contributed by atoms with Gasteiger partial charge in [0, 0.05) is 24.1 Å². The van der Waals surface area contributed by atoms with Gasteiger partial charge in [0.15, 0.2) is 0 Å². The van der Waals surface area contributed by atoms with Gasteiger partial charge < -0.3 is 5.32 Å². The minimum atomic E-state index is 0.648. The molecule has 0 radical (unpaired) electrons. The molecule has 2 aliphatic rings. The van der Waals surface area contributed by atoms with E-state index in [1.807, 2.05) is 0 Å². The maximum Gasteiger partial charge on any atom is 0.0720 e. The molecule has 19 heavy (non-hydrogen) atoms. The lowest BCUT2D eigenvalue weighted by Gasteiger charge is -2.09. The van der Waals surface area contributed by atoms with Crippen LogP contribution in [0, 0.1) is 0 Å². The number of aromatic nitrogens is 2. The highest BCUT2D eigenvalue weighted by atomic mass is 15.3. The molecule has 2 heterocycles. The first-order chi connectivity index (χ1) is 9.43. The van der Waals surface area contributed by atoms with Crippen LogP contribution in [0.1, 0.15) is 30.1 Å². The van der Waals surface area contributed by atoms with Crippen molar-refractivity contribution < 1.29 is 0 Å². The Hall–Kier alpha value is -1.61. The van der Waals surface area contributed by atoms with Gasteiger partial charge in [0.2, 0.25) is 0 Å². The maximum absolute atomic E-state index is 4.93. The van der Waals surface area contributed by atoms with E-state index in [9.17, 15) is 0 Å². The second kappa shape index (κ2) is 4.49. The Morgan fingerprint density at radius 3 is 2.63 bits per heavy atom. The lowest BCUT2D eigenvalue weighted by molar-refractivity contribution is 0.624. The van der Waals surface area contributed by atoms with E-state index in [-0.39, 0.29) is 0 Å². The summed E-state index contributed by atoms with van der Waals surface area (Å²) < 4.78 is 2.31. The van der Waals surface area contributed by atoms with E-state index in [4.69, 9.17) is 5.10 Å². The molecule has 1 aliphatic heterocycles. The fourth-order valence-electron chi connectivity index (χ4n) is 3.01. The van der Waals surface area contributed by atoms with Crippen LogP contribution in [0.4, 0.5) is 0 Å². The molecule has 0 spiro atoms. The van der Waals surface area contributed by atoms with Crippen LogP contribution in [-0.4, -0.2) is 22.9 Å². The van der Waals surface area contributed by atoms with Crippen LogP contribution < -0.4 is 5.32 Å². The SMILES string of the molecule is c1ccc(-c2c3c(nn2C2CC2)CCNCC3)cc1. The lowest BCUT2D eigenvalue weighted by atomic mass is 10.0. The molecule has 1 aliphatic carbocycles. The van der Waals surface area contributed by atoms with Gasteiger partial charge in [-0.25, -0.2) is 0 Å². The van der Waals surface area contributed by atoms with Gasteiger partial charge in [0.05, 0.1) is 17.4 Å². The molecular weight excluding hydrogens is 234 g/mol. The average Bonchev–Trinajstić information content (AvgIpc) is 3.25. The molecule has 4 rings (SSSR count). The van der Waals surface area contributed by atoms with E-state index in [1.165, 1.54) is 35.4 Å². The van der Waals surface area contributed by atoms with Gasteiger partial charge in [-0.1, -0.05) is 30.3 Å². The summed E-state index contributed by atoms with van der Waals surface area (Å²) >= 11 is 0. The number of nitrogens with one attached hydrogen (secondary N) is 1. The molecule has 0 amide bonds. The lowest BCUT2D eigenvalue weighted by Crippen LogP contribution is -2.17. The molecule has 1 saturated carbocycles. The summed E-state index contributed by atoms with van der Waals surface area (Å²) in [5.74, 6) is 0. The van der Waals surface area contributed by atoms with Crippen LogP contribution >= 0.6 is 0 Å². The smallest absolute Gasteiger partial charge is 0.0720 e. The molecule has 3 heteroatoms. The molecule has 1 N–H and O–H groups in total. The third kappa shape index (κ3) is 1.98. The van der Waals surface area contributed by atoms with Crippen molar-refractivity contribution in [1.82, 2.24) is 15.1 Å². The van der Waals surface area contributed by atoms with Gasteiger partial charge in [0.25, 0.3) is 0 Å². The molecule has 2 aromatic rings. The second-order valence-electron chi connectivity index (χ2n) is 5.57. The van der Waals surface area contributed by atoms with E-state index >= 15 is 0 Å². The monoisotopic (exact) mass is 253 g/mol. The quantitative estimate of drug-likeness (QED) is 0.891. The summed E-state index contributed by atoms with van der Waals surface area (Å²) in [7, 11) is 0. The molecule has 0 unspecified atom stereocenters. The van der Waals surface area contributed by atoms with Crippen molar-refractivity contribution in [3.8, 4) is 11.3 Å². The summed E-state index contributed by atoms with van der Waals surface area (Å²) in [6.07, 6.45) is 4.75. The first-order valence-electron chi connectivity index (χ1n) is 7.30. The van der Waals surface area contributed by atoms with E-state index in [2.05, 4.69) is 40.3 Å². The van der Waals surface area contributed by atoms with Crippen molar-refractivity contribution in [2.75, 3.05) is 13.1 Å². The minimum absolute atomic E-state index is 0.648. The average molecular weight is 253 g/mol. The van der Waals surface area contributed by atoms with Crippen molar-refractivity contribution in [3.05, 3.63) is 41.6 Å². The fourth-order valence-corrected chi connectivity index (χ4v) is 3.01. The van der Waals surface area contributed by atoms with Crippen LogP contribution in [0.15, 0.2) is 30.3 Å². The predicted molar refractivity (Wildman–Crippen MR) is 76.2 cm³/mol. The molecule has 3 nitrogen and oxygen atoms in total. The van der Waals surface area contributed by atoms with E-state index in [0.717, 1.165) is 25.9 Å². The predicted octanol–water partition coefficient (Wildman–Crippen LogP) is 2.57. The van der Waals surface area contributed by atoms with E-state index < -0.39 is 0 Å². The van der Waals surface area contributed by atoms with Crippen molar-refractivity contribution >= 4 is 0 Å².